The molecule has 2 heterocycles. The highest BCUT2D eigenvalue weighted by molar-refractivity contribution is 6.22. The van der Waals surface area contributed by atoms with Crippen LogP contribution in [-0.2, 0) is 13.1 Å². The standard InChI is InChI=1S/C44H32N2/c1-3-11-33(12-4-1)35-23-19-31(20-24-35)29-45-41-17-9-7-15-37(41)39-27-28-40-38-16-8-10-18-42(38)46(44(40)43(39)45)30-32-21-25-36(26-22-32)34-13-5-2-6-14-34/h1-28H,29-30H2/i1D,2D,3D,4D,5D,6D,11D,12D,13D,14D,19D,20D,21D,22D,23D,24D,25D,26D. The molecule has 2 heteroatoms. The molecule has 2 aromatic heterocycles. The molecular weight excluding hydrogens is 556 g/mol. The van der Waals surface area contributed by atoms with Crippen LogP contribution in [0.15, 0.2) is 169 Å². The van der Waals surface area contributed by atoms with Crippen LogP contribution in [0.3, 0.4) is 0 Å². The maximum atomic E-state index is 9.21. The van der Waals surface area contributed by atoms with Gasteiger partial charge in [0.15, 0.2) is 0 Å². The van der Waals surface area contributed by atoms with Gasteiger partial charge in [-0.15, -0.1) is 0 Å². The predicted octanol–water partition coefficient (Wildman–Crippen LogP) is 11.3. The Bertz CT molecular complexity index is 3200. The van der Waals surface area contributed by atoms with Gasteiger partial charge in [0.05, 0.1) is 35.7 Å². The summed E-state index contributed by atoms with van der Waals surface area (Å²) in [4.78, 5) is 0. The summed E-state index contributed by atoms with van der Waals surface area (Å²) in [5.74, 6) is 0. The monoisotopic (exact) mass is 606 g/mol. The van der Waals surface area contributed by atoms with Crippen LogP contribution in [-0.4, -0.2) is 9.13 Å². The van der Waals surface area contributed by atoms with Crippen molar-refractivity contribution in [1.82, 2.24) is 9.13 Å². The lowest BCUT2D eigenvalue weighted by Crippen LogP contribution is -2.04. The highest BCUT2D eigenvalue weighted by Crippen LogP contribution is 2.39. The Balaban J connectivity index is 1.31. The summed E-state index contributed by atoms with van der Waals surface area (Å²) in [6.07, 6.45) is 0. The van der Waals surface area contributed by atoms with Crippen LogP contribution in [0.1, 0.15) is 35.8 Å². The van der Waals surface area contributed by atoms with Gasteiger partial charge >= 0.3 is 0 Å². The molecule has 2 nitrogen and oxygen atoms in total. The van der Waals surface area contributed by atoms with Crippen molar-refractivity contribution in [3.63, 3.8) is 0 Å². The summed E-state index contributed by atoms with van der Waals surface area (Å²) in [5, 5.41) is 3.01. The SMILES string of the molecule is [2H]c1c([2H])c([2H])c(-c2c([2H])c([2H])c(Cn3c4ccccc4c4ccc5c6ccccc6n(Cc6c([2H])c([2H])c(-c7c([2H])c([2H])c([2H])c([2H])c7[2H])c([2H])c6[2H])c5c43)c([2H])c2[2H])c([2H])c1[2H]. The lowest BCUT2D eigenvalue weighted by molar-refractivity contribution is 0.849. The number of para-hydroxylation sites is 2. The van der Waals surface area contributed by atoms with E-state index in [1.54, 1.807) is 0 Å². The average Bonchev–Trinajstić information content (AvgIpc) is 3.79. The number of nitrogens with zero attached hydrogens (tertiary/aromatic N) is 2. The number of benzene rings is 7. The summed E-state index contributed by atoms with van der Waals surface area (Å²) in [5.41, 5.74) is 0.603. The number of rotatable bonds is 6. The molecule has 7 aromatic carbocycles. The average molecular weight is 607 g/mol. The Morgan fingerprint density at radius 1 is 0.370 bits per heavy atom. The van der Waals surface area contributed by atoms with E-state index in [0.29, 0.717) is 22.1 Å². The molecular formula is C44H32N2. The van der Waals surface area contributed by atoms with Crippen molar-refractivity contribution in [2.75, 3.05) is 0 Å². The van der Waals surface area contributed by atoms with Crippen molar-refractivity contribution >= 4 is 43.6 Å². The summed E-state index contributed by atoms with van der Waals surface area (Å²) in [7, 11) is 0. The van der Waals surface area contributed by atoms with Crippen molar-refractivity contribution in [1.29, 1.82) is 0 Å². The molecule has 0 aliphatic heterocycles. The second-order valence-electron chi connectivity index (χ2n) is 10.8. The van der Waals surface area contributed by atoms with Gasteiger partial charge in [-0.2, -0.15) is 0 Å². The smallest absolute Gasteiger partial charge is 0.0742 e. The number of aromatic nitrogens is 2. The molecule has 0 saturated carbocycles. The van der Waals surface area contributed by atoms with E-state index >= 15 is 0 Å². The summed E-state index contributed by atoms with van der Waals surface area (Å²) in [6.45, 7) is -0.455. The molecule has 0 N–H and O–H groups in total. The van der Waals surface area contributed by atoms with E-state index in [4.69, 9.17) is 19.2 Å². The van der Waals surface area contributed by atoms with Crippen LogP contribution in [0.5, 0.6) is 0 Å². The quantitative estimate of drug-likeness (QED) is 0.178. The maximum Gasteiger partial charge on any atom is 0.0742 e. The molecule has 0 amide bonds. The number of hydrogen-bond acceptors (Lipinski definition) is 0. The Morgan fingerprint density at radius 2 is 0.739 bits per heavy atom. The molecule has 0 unspecified atom stereocenters. The van der Waals surface area contributed by atoms with Crippen molar-refractivity contribution in [3.8, 4) is 22.3 Å². The molecule has 0 aliphatic carbocycles. The number of hydrogen-bond donors (Lipinski definition) is 0. The molecule has 0 aliphatic rings. The third-order valence-electron chi connectivity index (χ3n) is 8.15. The van der Waals surface area contributed by atoms with E-state index in [1.807, 2.05) is 69.8 Å². The van der Waals surface area contributed by atoms with Gasteiger partial charge in [-0.05, 0) is 45.5 Å². The second-order valence-corrected chi connectivity index (χ2v) is 10.8. The number of fused-ring (bicyclic) bond motifs is 7. The molecule has 0 saturated heterocycles. The van der Waals surface area contributed by atoms with E-state index < -0.39 is 131 Å². The van der Waals surface area contributed by atoms with E-state index in [1.165, 1.54) is 0 Å². The topological polar surface area (TPSA) is 9.86 Å². The van der Waals surface area contributed by atoms with Gasteiger partial charge in [-0.25, -0.2) is 0 Å². The molecule has 46 heavy (non-hydrogen) atoms. The Kier molecular flexibility index (Phi) is 3.34. The van der Waals surface area contributed by atoms with Gasteiger partial charge in [-0.3, -0.25) is 0 Å². The van der Waals surface area contributed by atoms with E-state index in [0.717, 1.165) is 21.5 Å². The minimum atomic E-state index is -0.681. The first-order valence-corrected chi connectivity index (χ1v) is 14.5. The third-order valence-corrected chi connectivity index (χ3v) is 8.15. The van der Waals surface area contributed by atoms with E-state index in [2.05, 4.69) is 0 Å². The van der Waals surface area contributed by atoms with Crippen LogP contribution in [0.4, 0.5) is 0 Å². The molecule has 218 valence electrons. The molecule has 0 atom stereocenters. The largest absolute Gasteiger partial charge is 0.334 e. The zero-order chi connectivity index (χ0) is 46.1. The van der Waals surface area contributed by atoms with Crippen LogP contribution in [0.2, 0.25) is 0 Å². The minimum absolute atomic E-state index is 0.0451. The van der Waals surface area contributed by atoms with Gasteiger partial charge in [0.1, 0.15) is 0 Å². The van der Waals surface area contributed by atoms with Crippen LogP contribution >= 0.6 is 0 Å². The second kappa shape index (κ2) is 10.9. The van der Waals surface area contributed by atoms with Gasteiger partial charge in [0.2, 0.25) is 0 Å². The Labute approximate surface area is 293 Å². The van der Waals surface area contributed by atoms with Gasteiger partial charge < -0.3 is 9.13 Å². The third kappa shape index (κ3) is 4.42. The first-order valence-electron chi connectivity index (χ1n) is 23.5. The van der Waals surface area contributed by atoms with Crippen molar-refractivity contribution in [3.05, 3.63) is 181 Å². The van der Waals surface area contributed by atoms with E-state index in [9.17, 15) is 5.48 Å². The lowest BCUT2D eigenvalue weighted by Gasteiger charge is -2.13. The van der Waals surface area contributed by atoms with E-state index in [-0.39, 0.29) is 24.2 Å². The van der Waals surface area contributed by atoms with Crippen LogP contribution in [0, 0.1) is 0 Å². The minimum Gasteiger partial charge on any atom is -0.334 e. The highest BCUT2D eigenvalue weighted by Gasteiger charge is 2.20. The Morgan fingerprint density at radius 3 is 1.15 bits per heavy atom. The summed E-state index contributed by atoms with van der Waals surface area (Å²) >= 11 is 0. The first kappa shape index (κ1) is 14.1. The summed E-state index contributed by atoms with van der Waals surface area (Å²) in [6, 6.07) is 7.61. The fraction of sp³-hybridized carbons (Fsp3) is 0.0455. The van der Waals surface area contributed by atoms with Crippen LogP contribution in [0.25, 0.3) is 65.9 Å². The van der Waals surface area contributed by atoms with Crippen molar-refractivity contribution in [2.45, 2.75) is 13.1 Å². The zero-order valence-corrected chi connectivity index (χ0v) is 24.1. The first-order chi connectivity index (χ1) is 30.3. The molecule has 0 radical (unpaired) electrons. The van der Waals surface area contributed by atoms with Crippen LogP contribution < -0.4 is 0 Å². The molecule has 0 fully saturated rings. The van der Waals surface area contributed by atoms with Gasteiger partial charge in [-0.1, -0.05) is 157 Å². The maximum absolute atomic E-state index is 9.21. The predicted molar refractivity (Wildman–Crippen MR) is 194 cm³/mol. The van der Waals surface area contributed by atoms with Gasteiger partial charge in [0.25, 0.3) is 0 Å². The molecule has 0 bridgehead atoms. The normalized spacial score (nSPS) is 17.1. The lowest BCUT2D eigenvalue weighted by atomic mass is 10.0. The highest BCUT2D eigenvalue weighted by atomic mass is 15.0. The fourth-order valence-corrected chi connectivity index (χ4v) is 6.15. The molecule has 9 rings (SSSR count). The fourth-order valence-electron chi connectivity index (χ4n) is 6.15. The van der Waals surface area contributed by atoms with Gasteiger partial charge in [0, 0.05) is 45.7 Å². The molecule has 9 aromatic rings. The summed E-state index contributed by atoms with van der Waals surface area (Å²) < 4.78 is 160. The van der Waals surface area contributed by atoms with Crippen molar-refractivity contribution in [2.24, 2.45) is 0 Å². The molecule has 0 spiro atoms. The Hall–Kier alpha value is -5.86. The zero-order valence-electron chi connectivity index (χ0n) is 42.1. The van der Waals surface area contributed by atoms with Crippen molar-refractivity contribution < 1.29 is 24.7 Å².